The molecule has 0 bridgehead atoms. The Balaban J connectivity index is 0.00000364. The first-order chi connectivity index (χ1) is 12.8. The third-order valence-electron chi connectivity index (χ3n) is 3.73. The number of guanidine groups is 1. The molecule has 0 aliphatic heterocycles. The first-order valence-corrected chi connectivity index (χ1v) is 9.97. The molecular formula is C20H30IN5S. The maximum absolute atomic E-state index is 4.29. The van der Waals surface area contributed by atoms with Crippen LogP contribution in [0.25, 0.3) is 0 Å². The maximum Gasteiger partial charge on any atom is 0.191 e. The Bertz CT molecular complexity index is 639. The highest BCUT2D eigenvalue weighted by molar-refractivity contribution is 14.0. The largest absolute Gasteiger partial charge is 0.370 e. The number of rotatable bonds is 10. The number of unbranched alkanes of at least 4 members (excludes halogenated alkanes) is 1. The van der Waals surface area contributed by atoms with Crippen molar-refractivity contribution in [2.45, 2.75) is 29.9 Å². The third-order valence-corrected chi connectivity index (χ3v) is 4.84. The number of thioether (sulfide) groups is 1. The number of nitrogens with one attached hydrogen (secondary N) is 3. The van der Waals surface area contributed by atoms with Gasteiger partial charge >= 0.3 is 0 Å². The summed E-state index contributed by atoms with van der Waals surface area (Å²) >= 11 is 1.87. The fourth-order valence-electron chi connectivity index (χ4n) is 2.37. The topological polar surface area (TPSA) is 61.3 Å². The minimum absolute atomic E-state index is 0. The Morgan fingerprint density at radius 1 is 1.04 bits per heavy atom. The number of aliphatic imine (C=N–C) groups is 1. The molecule has 1 unspecified atom stereocenters. The van der Waals surface area contributed by atoms with Crippen LogP contribution in [0.4, 0.5) is 5.82 Å². The molecule has 1 aromatic carbocycles. The summed E-state index contributed by atoms with van der Waals surface area (Å²) < 4.78 is 0. The van der Waals surface area contributed by atoms with Gasteiger partial charge in [0.15, 0.2) is 5.96 Å². The lowest BCUT2D eigenvalue weighted by Gasteiger charge is -2.16. The Morgan fingerprint density at radius 2 is 1.78 bits per heavy atom. The van der Waals surface area contributed by atoms with E-state index in [2.05, 4.69) is 57.1 Å². The number of halogens is 1. The zero-order chi connectivity index (χ0) is 18.5. The van der Waals surface area contributed by atoms with Crippen molar-refractivity contribution in [2.75, 3.05) is 32.0 Å². The van der Waals surface area contributed by atoms with Crippen LogP contribution in [-0.4, -0.2) is 42.9 Å². The number of hydrogen-bond donors (Lipinski definition) is 3. The van der Waals surface area contributed by atoms with Gasteiger partial charge in [-0.25, -0.2) is 4.98 Å². The minimum atomic E-state index is 0. The molecule has 7 heteroatoms. The second kappa shape index (κ2) is 14.6. The van der Waals surface area contributed by atoms with E-state index in [1.165, 1.54) is 4.90 Å². The van der Waals surface area contributed by atoms with Crippen LogP contribution < -0.4 is 16.0 Å². The lowest BCUT2D eigenvalue weighted by molar-refractivity contribution is 0.709. The smallest absolute Gasteiger partial charge is 0.191 e. The van der Waals surface area contributed by atoms with E-state index in [0.29, 0.717) is 5.25 Å². The van der Waals surface area contributed by atoms with Gasteiger partial charge in [0.2, 0.25) is 0 Å². The van der Waals surface area contributed by atoms with Gasteiger partial charge < -0.3 is 16.0 Å². The lowest BCUT2D eigenvalue weighted by Crippen LogP contribution is -2.40. The molecular weight excluding hydrogens is 469 g/mol. The van der Waals surface area contributed by atoms with Crippen LogP contribution in [0.15, 0.2) is 64.6 Å². The van der Waals surface area contributed by atoms with Gasteiger partial charge in [-0.15, -0.1) is 35.7 Å². The van der Waals surface area contributed by atoms with Gasteiger partial charge in [-0.1, -0.05) is 31.2 Å². The van der Waals surface area contributed by atoms with E-state index in [9.17, 15) is 0 Å². The summed E-state index contributed by atoms with van der Waals surface area (Å²) in [5.74, 6) is 1.80. The van der Waals surface area contributed by atoms with E-state index in [-0.39, 0.29) is 24.0 Å². The van der Waals surface area contributed by atoms with Crippen LogP contribution >= 0.6 is 35.7 Å². The SMILES string of the molecule is CN=C(NCCCCNc1ccccn1)NCC(C)Sc1ccccc1.I. The fourth-order valence-corrected chi connectivity index (χ4v) is 3.32. The summed E-state index contributed by atoms with van der Waals surface area (Å²) in [4.78, 5) is 9.84. The fraction of sp³-hybridized carbons (Fsp3) is 0.400. The van der Waals surface area contributed by atoms with E-state index in [0.717, 1.165) is 44.3 Å². The van der Waals surface area contributed by atoms with E-state index in [1.54, 1.807) is 6.20 Å². The lowest BCUT2D eigenvalue weighted by atomic mass is 10.3. The summed E-state index contributed by atoms with van der Waals surface area (Å²) in [6.07, 6.45) is 3.96. The van der Waals surface area contributed by atoms with Crippen molar-refractivity contribution < 1.29 is 0 Å². The average Bonchev–Trinajstić information content (AvgIpc) is 2.68. The molecule has 5 nitrogen and oxygen atoms in total. The molecule has 0 saturated heterocycles. The summed E-state index contributed by atoms with van der Waals surface area (Å²) in [5.41, 5.74) is 0. The Labute approximate surface area is 184 Å². The van der Waals surface area contributed by atoms with Crippen LogP contribution in [0, 0.1) is 0 Å². The number of pyridine rings is 1. The van der Waals surface area contributed by atoms with Gasteiger partial charge in [-0.3, -0.25) is 4.99 Å². The number of aromatic nitrogens is 1. The second-order valence-corrected chi connectivity index (χ2v) is 7.48. The quantitative estimate of drug-likeness (QED) is 0.150. The van der Waals surface area contributed by atoms with Crippen molar-refractivity contribution in [1.29, 1.82) is 0 Å². The summed E-state index contributed by atoms with van der Waals surface area (Å²) in [7, 11) is 1.81. The zero-order valence-electron chi connectivity index (χ0n) is 16.0. The predicted molar refractivity (Wildman–Crippen MR) is 129 cm³/mol. The summed E-state index contributed by atoms with van der Waals surface area (Å²) in [6.45, 7) is 4.93. The molecule has 0 aliphatic rings. The summed E-state index contributed by atoms with van der Waals surface area (Å²) in [5, 5.41) is 10.6. The molecule has 3 N–H and O–H groups in total. The van der Waals surface area contributed by atoms with Crippen molar-refractivity contribution in [2.24, 2.45) is 4.99 Å². The molecule has 2 aromatic rings. The Hall–Kier alpha value is -1.48. The monoisotopic (exact) mass is 499 g/mol. The van der Waals surface area contributed by atoms with Crippen LogP contribution in [-0.2, 0) is 0 Å². The second-order valence-electron chi connectivity index (χ2n) is 5.97. The molecule has 1 atom stereocenters. The Kier molecular flexibility index (Phi) is 12.7. The highest BCUT2D eigenvalue weighted by atomic mass is 127. The standard InChI is InChI=1S/C20H29N5S.HI/c1-17(26-18-10-4-3-5-11-18)16-25-20(21-2)24-15-9-8-14-23-19-12-6-7-13-22-19;/h3-7,10-13,17H,8-9,14-16H2,1-2H3,(H,22,23)(H2,21,24,25);1H. The predicted octanol–water partition coefficient (Wildman–Crippen LogP) is 4.24. The van der Waals surface area contributed by atoms with Crippen molar-refractivity contribution in [3.8, 4) is 0 Å². The van der Waals surface area contributed by atoms with Gasteiger partial charge in [0.1, 0.15) is 5.82 Å². The van der Waals surface area contributed by atoms with Gasteiger partial charge in [0.05, 0.1) is 0 Å². The molecule has 1 aromatic heterocycles. The first kappa shape index (κ1) is 23.6. The molecule has 1 heterocycles. The Morgan fingerprint density at radius 3 is 2.48 bits per heavy atom. The van der Waals surface area contributed by atoms with Crippen molar-refractivity contribution in [3.63, 3.8) is 0 Å². The number of benzene rings is 1. The van der Waals surface area contributed by atoms with E-state index < -0.39 is 0 Å². The van der Waals surface area contributed by atoms with E-state index >= 15 is 0 Å². The van der Waals surface area contributed by atoms with Crippen LogP contribution in [0.3, 0.4) is 0 Å². The molecule has 27 heavy (non-hydrogen) atoms. The maximum atomic E-state index is 4.29. The first-order valence-electron chi connectivity index (χ1n) is 9.09. The molecule has 0 spiro atoms. The molecule has 2 rings (SSSR count). The van der Waals surface area contributed by atoms with Crippen LogP contribution in [0.2, 0.25) is 0 Å². The molecule has 0 radical (unpaired) electrons. The van der Waals surface area contributed by atoms with E-state index in [4.69, 9.17) is 0 Å². The van der Waals surface area contributed by atoms with Crippen LogP contribution in [0.1, 0.15) is 19.8 Å². The molecule has 0 saturated carbocycles. The van der Waals surface area contributed by atoms with Gasteiger partial charge in [0.25, 0.3) is 0 Å². The molecule has 0 fully saturated rings. The van der Waals surface area contributed by atoms with Gasteiger partial charge in [-0.05, 0) is 37.1 Å². The number of hydrogen-bond acceptors (Lipinski definition) is 4. The normalized spacial score (nSPS) is 12.0. The highest BCUT2D eigenvalue weighted by Crippen LogP contribution is 2.21. The third kappa shape index (κ3) is 10.4. The average molecular weight is 499 g/mol. The number of anilines is 1. The van der Waals surface area contributed by atoms with Crippen molar-refractivity contribution in [3.05, 3.63) is 54.7 Å². The number of nitrogens with zero attached hydrogens (tertiary/aromatic N) is 2. The van der Waals surface area contributed by atoms with Gasteiger partial charge in [0, 0.05) is 43.0 Å². The van der Waals surface area contributed by atoms with E-state index in [1.807, 2.05) is 43.1 Å². The highest BCUT2D eigenvalue weighted by Gasteiger charge is 2.05. The molecule has 0 amide bonds. The van der Waals surface area contributed by atoms with Crippen molar-refractivity contribution in [1.82, 2.24) is 15.6 Å². The summed E-state index contributed by atoms with van der Waals surface area (Å²) in [6, 6.07) is 16.4. The molecule has 0 aliphatic carbocycles. The molecule has 148 valence electrons. The van der Waals surface area contributed by atoms with Gasteiger partial charge in [-0.2, -0.15) is 0 Å². The zero-order valence-corrected chi connectivity index (χ0v) is 19.2. The van der Waals surface area contributed by atoms with Crippen molar-refractivity contribution >= 4 is 47.5 Å². The van der Waals surface area contributed by atoms with Crippen LogP contribution in [0.5, 0.6) is 0 Å². The minimum Gasteiger partial charge on any atom is -0.370 e.